The Morgan fingerprint density at radius 1 is 1.15 bits per heavy atom. The number of hydrogen-bond acceptors (Lipinski definition) is 4. The number of carbonyl (C=O) groups is 1. The average Bonchev–Trinajstić information content (AvgIpc) is 3.02. The standard InChI is InChI=1S/C21H18N2O3/c1-2-26-21(25)20(24)17(12-22)18-14-23(13-15-8-4-3-5-9-15)19-11-7-6-10-16(18)19/h3-11,14,24H,2,13H2,1H3/b20-17-. The van der Waals surface area contributed by atoms with E-state index in [0.717, 1.165) is 16.5 Å². The van der Waals surface area contributed by atoms with Gasteiger partial charge < -0.3 is 14.4 Å². The van der Waals surface area contributed by atoms with Crippen LogP contribution >= 0.6 is 0 Å². The van der Waals surface area contributed by atoms with Crippen molar-refractivity contribution in [2.24, 2.45) is 0 Å². The zero-order valence-electron chi connectivity index (χ0n) is 14.3. The highest BCUT2D eigenvalue weighted by molar-refractivity contribution is 6.04. The SMILES string of the molecule is CCOC(=O)/C(O)=C(\C#N)c1cn(Cc2ccccc2)c2ccccc12. The van der Waals surface area contributed by atoms with Gasteiger partial charge >= 0.3 is 5.97 Å². The van der Waals surface area contributed by atoms with E-state index in [0.29, 0.717) is 12.1 Å². The van der Waals surface area contributed by atoms with Crippen molar-refractivity contribution in [2.75, 3.05) is 6.61 Å². The van der Waals surface area contributed by atoms with Gasteiger partial charge in [-0.2, -0.15) is 5.26 Å². The molecule has 0 atom stereocenters. The van der Waals surface area contributed by atoms with Gasteiger partial charge in [0.2, 0.25) is 5.76 Å². The minimum absolute atomic E-state index is 0.0912. The summed E-state index contributed by atoms with van der Waals surface area (Å²) < 4.78 is 6.81. The Morgan fingerprint density at radius 3 is 2.54 bits per heavy atom. The molecule has 5 nitrogen and oxygen atoms in total. The average molecular weight is 346 g/mol. The molecular weight excluding hydrogens is 328 g/mol. The van der Waals surface area contributed by atoms with E-state index in [1.54, 1.807) is 13.1 Å². The Morgan fingerprint density at radius 2 is 1.85 bits per heavy atom. The van der Waals surface area contributed by atoms with E-state index < -0.39 is 11.7 Å². The minimum Gasteiger partial charge on any atom is -0.501 e. The van der Waals surface area contributed by atoms with E-state index in [9.17, 15) is 15.2 Å². The van der Waals surface area contributed by atoms with E-state index in [4.69, 9.17) is 4.74 Å². The highest BCUT2D eigenvalue weighted by atomic mass is 16.5. The molecule has 2 aromatic carbocycles. The number of aliphatic hydroxyl groups is 1. The first-order valence-corrected chi connectivity index (χ1v) is 8.28. The van der Waals surface area contributed by atoms with E-state index in [2.05, 4.69) is 0 Å². The number of carbonyl (C=O) groups excluding carboxylic acids is 1. The van der Waals surface area contributed by atoms with E-state index in [1.165, 1.54) is 0 Å². The summed E-state index contributed by atoms with van der Waals surface area (Å²) >= 11 is 0. The Hall–Kier alpha value is -3.52. The van der Waals surface area contributed by atoms with Crippen LogP contribution in [-0.2, 0) is 16.1 Å². The summed E-state index contributed by atoms with van der Waals surface area (Å²) in [6.45, 7) is 2.38. The van der Waals surface area contributed by atoms with Crippen LogP contribution in [0, 0.1) is 11.3 Å². The molecule has 1 heterocycles. The lowest BCUT2D eigenvalue weighted by molar-refractivity contribution is -0.141. The third-order valence-electron chi connectivity index (χ3n) is 4.07. The number of fused-ring (bicyclic) bond motifs is 1. The summed E-state index contributed by atoms with van der Waals surface area (Å²) in [6, 6.07) is 19.4. The molecule has 0 radical (unpaired) electrons. The van der Waals surface area contributed by atoms with E-state index in [1.807, 2.05) is 65.2 Å². The monoisotopic (exact) mass is 346 g/mol. The van der Waals surface area contributed by atoms with Crippen LogP contribution in [0.1, 0.15) is 18.1 Å². The summed E-state index contributed by atoms with van der Waals surface area (Å²) in [5.41, 5.74) is 2.43. The number of allylic oxidation sites excluding steroid dienone is 1. The second-order valence-electron chi connectivity index (χ2n) is 5.73. The fraction of sp³-hybridized carbons (Fsp3) is 0.143. The quantitative estimate of drug-likeness (QED) is 0.327. The molecule has 0 aliphatic heterocycles. The molecule has 130 valence electrons. The van der Waals surface area contributed by atoms with Crippen molar-refractivity contribution in [1.29, 1.82) is 5.26 Å². The number of aromatic nitrogens is 1. The van der Waals surface area contributed by atoms with Crippen LogP contribution in [0.3, 0.4) is 0 Å². The third kappa shape index (κ3) is 3.31. The molecule has 26 heavy (non-hydrogen) atoms. The number of hydrogen-bond donors (Lipinski definition) is 1. The van der Waals surface area contributed by atoms with Gasteiger partial charge in [-0.1, -0.05) is 48.5 Å². The highest BCUT2D eigenvalue weighted by Gasteiger charge is 2.21. The number of aliphatic hydroxyl groups excluding tert-OH is 1. The number of nitrogens with zero attached hydrogens (tertiary/aromatic N) is 2. The maximum Gasteiger partial charge on any atom is 0.374 e. The zero-order valence-corrected chi connectivity index (χ0v) is 14.3. The highest BCUT2D eigenvalue weighted by Crippen LogP contribution is 2.29. The first-order chi connectivity index (χ1) is 12.7. The minimum atomic E-state index is -0.899. The van der Waals surface area contributed by atoms with Gasteiger partial charge in [0, 0.05) is 29.2 Å². The van der Waals surface area contributed by atoms with Crippen LogP contribution in [-0.4, -0.2) is 22.2 Å². The number of ether oxygens (including phenoxy) is 1. The summed E-state index contributed by atoms with van der Waals surface area (Å²) in [5.74, 6) is -1.57. The molecule has 0 unspecified atom stereocenters. The van der Waals surface area contributed by atoms with E-state index in [-0.39, 0.29) is 12.2 Å². The Balaban J connectivity index is 2.13. The lowest BCUT2D eigenvalue weighted by Gasteiger charge is -2.05. The van der Waals surface area contributed by atoms with Gasteiger partial charge in [0.15, 0.2) is 0 Å². The van der Waals surface area contributed by atoms with Crippen molar-refractivity contribution in [3.05, 3.63) is 77.7 Å². The Labute approximate surface area is 151 Å². The van der Waals surface area contributed by atoms with Gasteiger partial charge in [-0.05, 0) is 18.6 Å². The maximum atomic E-state index is 11.9. The lowest BCUT2D eigenvalue weighted by Crippen LogP contribution is -2.09. The molecule has 0 amide bonds. The van der Waals surface area contributed by atoms with Crippen molar-refractivity contribution in [1.82, 2.24) is 4.57 Å². The van der Waals surface area contributed by atoms with E-state index >= 15 is 0 Å². The maximum absolute atomic E-state index is 11.9. The Bertz CT molecular complexity index is 1010. The molecule has 0 saturated carbocycles. The second kappa shape index (κ2) is 7.58. The molecule has 0 aliphatic carbocycles. The fourth-order valence-corrected chi connectivity index (χ4v) is 2.90. The summed E-state index contributed by atoms with van der Waals surface area (Å²) in [5, 5.41) is 20.5. The van der Waals surface area contributed by atoms with Crippen LogP contribution < -0.4 is 0 Å². The van der Waals surface area contributed by atoms with Crippen LogP contribution in [0.2, 0.25) is 0 Å². The molecule has 3 aromatic rings. The number of rotatable bonds is 5. The number of esters is 1. The third-order valence-corrected chi connectivity index (χ3v) is 4.07. The van der Waals surface area contributed by atoms with Gasteiger partial charge in [-0.15, -0.1) is 0 Å². The van der Waals surface area contributed by atoms with Gasteiger partial charge in [0.05, 0.1) is 6.61 Å². The van der Waals surface area contributed by atoms with Crippen molar-refractivity contribution >= 4 is 22.4 Å². The normalized spacial score (nSPS) is 11.7. The van der Waals surface area contributed by atoms with Gasteiger partial charge in [-0.3, -0.25) is 0 Å². The largest absolute Gasteiger partial charge is 0.501 e. The predicted molar refractivity (Wildman–Crippen MR) is 99.3 cm³/mol. The fourth-order valence-electron chi connectivity index (χ4n) is 2.90. The van der Waals surface area contributed by atoms with Gasteiger partial charge in [0.1, 0.15) is 11.6 Å². The molecule has 0 fully saturated rings. The summed E-state index contributed by atoms with van der Waals surface area (Å²) in [7, 11) is 0. The van der Waals surface area contributed by atoms with Crippen LogP contribution in [0.5, 0.6) is 0 Å². The first-order valence-electron chi connectivity index (χ1n) is 8.28. The molecule has 0 spiro atoms. The number of benzene rings is 2. The zero-order chi connectivity index (χ0) is 18.5. The Kier molecular flexibility index (Phi) is 5.04. The molecule has 1 N–H and O–H groups in total. The van der Waals surface area contributed by atoms with Crippen LogP contribution in [0.4, 0.5) is 0 Å². The van der Waals surface area contributed by atoms with Crippen LogP contribution in [0.25, 0.3) is 16.5 Å². The lowest BCUT2D eigenvalue weighted by atomic mass is 10.0. The number of nitriles is 1. The smallest absolute Gasteiger partial charge is 0.374 e. The van der Waals surface area contributed by atoms with Crippen molar-refractivity contribution < 1.29 is 14.6 Å². The van der Waals surface area contributed by atoms with Crippen LogP contribution in [0.15, 0.2) is 66.6 Å². The summed E-state index contributed by atoms with van der Waals surface area (Å²) in [6.07, 6.45) is 1.78. The van der Waals surface area contributed by atoms with Crippen molar-refractivity contribution in [2.45, 2.75) is 13.5 Å². The predicted octanol–water partition coefficient (Wildman–Crippen LogP) is 4.05. The molecule has 0 saturated heterocycles. The molecule has 0 bridgehead atoms. The topological polar surface area (TPSA) is 75.2 Å². The molecule has 0 aliphatic rings. The first kappa shape index (κ1) is 17.3. The second-order valence-corrected chi connectivity index (χ2v) is 5.73. The van der Waals surface area contributed by atoms with Crippen molar-refractivity contribution in [3.8, 4) is 6.07 Å². The summed E-state index contributed by atoms with van der Waals surface area (Å²) in [4.78, 5) is 11.9. The van der Waals surface area contributed by atoms with Gasteiger partial charge in [0.25, 0.3) is 0 Å². The van der Waals surface area contributed by atoms with Crippen molar-refractivity contribution in [3.63, 3.8) is 0 Å². The molecular formula is C21H18N2O3. The number of para-hydroxylation sites is 1. The molecule has 1 aromatic heterocycles. The van der Waals surface area contributed by atoms with Gasteiger partial charge in [-0.25, -0.2) is 4.79 Å². The molecule has 3 rings (SSSR count). The molecule has 5 heteroatoms.